The van der Waals surface area contributed by atoms with Gasteiger partial charge in [-0.3, -0.25) is 20.1 Å². The Balaban J connectivity index is 1.29. The number of aryl methyl sites for hydroxylation is 4. The first-order valence-electron chi connectivity index (χ1n) is 12.8. The average Bonchev–Trinajstić information content (AvgIpc) is 3.77. The number of amides is 1. The van der Waals surface area contributed by atoms with Crippen molar-refractivity contribution in [3.8, 4) is 22.5 Å². The number of aromatic amines is 3. The number of rotatable bonds is 8. The van der Waals surface area contributed by atoms with E-state index in [9.17, 15) is 4.79 Å². The molecule has 3 heterocycles. The number of benzene rings is 1. The molecule has 1 unspecified atom stereocenters. The quantitative estimate of drug-likeness (QED) is 0.280. The van der Waals surface area contributed by atoms with E-state index in [1.54, 1.807) is 0 Å². The summed E-state index contributed by atoms with van der Waals surface area (Å²) in [7, 11) is 0. The highest BCUT2D eigenvalue weighted by atomic mass is 16.2. The standard InChI is InChI=1S/C27H32N8O/c1-13-21(14(2)31-30-13)17-9-11-20(12-10-17)28-27(36)24(23(18-5-6-18)19-7-8-19)26-29-25(34-35-26)22-15(3)32-33-16(22)4/h9-12,18-19,23-24H,5-8H2,1-4H3,(H,28,36)(H,30,31)(H,32,33)(H,29,34,35). The molecule has 4 N–H and O–H groups in total. The number of H-pyrrole nitrogens is 3. The van der Waals surface area contributed by atoms with Gasteiger partial charge in [0.1, 0.15) is 11.7 Å². The van der Waals surface area contributed by atoms with Gasteiger partial charge in [0.25, 0.3) is 0 Å². The van der Waals surface area contributed by atoms with Crippen LogP contribution in [-0.2, 0) is 4.79 Å². The van der Waals surface area contributed by atoms with Gasteiger partial charge in [0.2, 0.25) is 5.91 Å². The predicted octanol–water partition coefficient (Wildman–Crippen LogP) is 4.98. The van der Waals surface area contributed by atoms with Crippen molar-refractivity contribution in [1.29, 1.82) is 0 Å². The molecule has 0 spiro atoms. The largest absolute Gasteiger partial charge is 0.325 e. The molecule has 0 bridgehead atoms. The second-order valence-electron chi connectivity index (χ2n) is 10.5. The molecule has 0 saturated heterocycles. The molecule has 186 valence electrons. The Hall–Kier alpha value is -3.75. The molecule has 3 aromatic heterocycles. The van der Waals surface area contributed by atoms with Crippen molar-refractivity contribution in [3.63, 3.8) is 0 Å². The number of carbonyl (C=O) groups is 1. The summed E-state index contributed by atoms with van der Waals surface area (Å²) in [6, 6.07) is 7.99. The van der Waals surface area contributed by atoms with E-state index in [-0.39, 0.29) is 17.7 Å². The van der Waals surface area contributed by atoms with Gasteiger partial charge in [0.15, 0.2) is 5.82 Å². The highest BCUT2D eigenvalue weighted by Crippen LogP contribution is 2.54. The second-order valence-corrected chi connectivity index (χ2v) is 10.5. The minimum absolute atomic E-state index is 0.0226. The summed E-state index contributed by atoms with van der Waals surface area (Å²) < 4.78 is 0. The molecular formula is C27H32N8O. The van der Waals surface area contributed by atoms with E-state index in [2.05, 4.69) is 35.9 Å². The highest BCUT2D eigenvalue weighted by Gasteiger charge is 2.49. The predicted molar refractivity (Wildman–Crippen MR) is 137 cm³/mol. The van der Waals surface area contributed by atoms with Crippen LogP contribution >= 0.6 is 0 Å². The van der Waals surface area contributed by atoms with E-state index in [1.165, 1.54) is 25.7 Å². The molecule has 9 nitrogen and oxygen atoms in total. The molecule has 36 heavy (non-hydrogen) atoms. The molecule has 1 atom stereocenters. The van der Waals surface area contributed by atoms with Gasteiger partial charge in [-0.1, -0.05) is 12.1 Å². The maximum Gasteiger partial charge on any atom is 0.235 e. The molecule has 4 aromatic rings. The summed E-state index contributed by atoms with van der Waals surface area (Å²) >= 11 is 0. The van der Waals surface area contributed by atoms with Crippen molar-refractivity contribution < 1.29 is 4.79 Å². The summed E-state index contributed by atoms with van der Waals surface area (Å²) in [6.45, 7) is 7.91. The number of hydrogen-bond acceptors (Lipinski definition) is 5. The summed E-state index contributed by atoms with van der Waals surface area (Å²) in [5.74, 6) is 2.29. The molecule has 1 amide bonds. The first-order chi connectivity index (χ1) is 17.4. The van der Waals surface area contributed by atoms with Gasteiger partial charge in [-0.05, 0) is 88.8 Å². The topological polar surface area (TPSA) is 128 Å². The normalized spacial score (nSPS) is 16.5. The minimum atomic E-state index is -0.364. The van der Waals surface area contributed by atoms with Gasteiger partial charge in [-0.25, -0.2) is 4.98 Å². The summed E-state index contributed by atoms with van der Waals surface area (Å²) in [4.78, 5) is 18.7. The van der Waals surface area contributed by atoms with Crippen LogP contribution in [0, 0.1) is 45.4 Å². The second kappa shape index (κ2) is 8.72. The van der Waals surface area contributed by atoms with Crippen molar-refractivity contribution in [2.45, 2.75) is 59.3 Å². The van der Waals surface area contributed by atoms with Crippen LogP contribution in [0.15, 0.2) is 24.3 Å². The lowest BCUT2D eigenvalue weighted by Crippen LogP contribution is -2.31. The molecule has 0 radical (unpaired) electrons. The lowest BCUT2D eigenvalue weighted by Gasteiger charge is -2.24. The molecule has 9 heteroatoms. The molecule has 2 aliphatic rings. The van der Waals surface area contributed by atoms with E-state index in [1.807, 2.05) is 52.0 Å². The zero-order chi connectivity index (χ0) is 25.0. The number of anilines is 1. The third-order valence-electron chi connectivity index (χ3n) is 7.72. The maximum atomic E-state index is 13.8. The van der Waals surface area contributed by atoms with Gasteiger partial charge >= 0.3 is 0 Å². The Labute approximate surface area is 209 Å². The van der Waals surface area contributed by atoms with Crippen molar-refractivity contribution >= 4 is 11.6 Å². The zero-order valence-electron chi connectivity index (χ0n) is 21.1. The smallest absolute Gasteiger partial charge is 0.235 e. The third-order valence-corrected chi connectivity index (χ3v) is 7.72. The van der Waals surface area contributed by atoms with Crippen LogP contribution in [0.5, 0.6) is 0 Å². The minimum Gasteiger partial charge on any atom is -0.325 e. The summed E-state index contributed by atoms with van der Waals surface area (Å²) in [6.07, 6.45) is 4.74. The zero-order valence-corrected chi connectivity index (χ0v) is 21.1. The van der Waals surface area contributed by atoms with Gasteiger partial charge in [-0.15, -0.1) is 0 Å². The fourth-order valence-electron chi connectivity index (χ4n) is 5.69. The highest BCUT2D eigenvalue weighted by molar-refractivity contribution is 5.96. The van der Waals surface area contributed by atoms with Crippen molar-refractivity contribution in [2.75, 3.05) is 5.32 Å². The van der Waals surface area contributed by atoms with Crippen LogP contribution < -0.4 is 5.32 Å². The Morgan fingerprint density at radius 3 is 1.94 bits per heavy atom. The Bertz CT molecular complexity index is 1350. The van der Waals surface area contributed by atoms with E-state index in [0.717, 1.165) is 45.2 Å². The van der Waals surface area contributed by atoms with Crippen LogP contribution in [-0.4, -0.2) is 41.5 Å². The van der Waals surface area contributed by atoms with E-state index in [4.69, 9.17) is 4.98 Å². The summed E-state index contributed by atoms with van der Waals surface area (Å²) in [5, 5.41) is 25.4. The monoisotopic (exact) mass is 484 g/mol. The molecule has 6 rings (SSSR count). The first-order valence-corrected chi connectivity index (χ1v) is 12.8. The number of aromatic nitrogens is 7. The fraction of sp³-hybridized carbons (Fsp3) is 0.444. The van der Waals surface area contributed by atoms with Crippen LogP contribution in [0.4, 0.5) is 5.69 Å². The molecule has 0 aliphatic heterocycles. The Morgan fingerprint density at radius 1 is 0.833 bits per heavy atom. The Morgan fingerprint density at radius 2 is 1.42 bits per heavy atom. The molecule has 2 saturated carbocycles. The van der Waals surface area contributed by atoms with Crippen molar-refractivity contribution in [2.24, 2.45) is 17.8 Å². The molecular weight excluding hydrogens is 452 g/mol. The van der Waals surface area contributed by atoms with Crippen LogP contribution in [0.2, 0.25) is 0 Å². The summed E-state index contributed by atoms with van der Waals surface area (Å²) in [5.41, 5.74) is 7.62. The average molecular weight is 485 g/mol. The van der Waals surface area contributed by atoms with Crippen molar-refractivity contribution in [3.05, 3.63) is 52.9 Å². The number of nitrogens with zero attached hydrogens (tertiary/aromatic N) is 4. The molecule has 2 aliphatic carbocycles. The number of carbonyl (C=O) groups excluding carboxylic acids is 1. The fourth-order valence-corrected chi connectivity index (χ4v) is 5.69. The van der Waals surface area contributed by atoms with E-state index >= 15 is 0 Å². The van der Waals surface area contributed by atoms with Gasteiger partial charge in [-0.2, -0.15) is 15.3 Å². The van der Waals surface area contributed by atoms with E-state index in [0.29, 0.717) is 23.5 Å². The van der Waals surface area contributed by atoms with Gasteiger partial charge < -0.3 is 5.32 Å². The molecule has 1 aromatic carbocycles. The number of hydrogen-bond donors (Lipinski definition) is 4. The lowest BCUT2D eigenvalue weighted by atomic mass is 9.82. The van der Waals surface area contributed by atoms with Crippen LogP contribution in [0.3, 0.4) is 0 Å². The first kappa shape index (κ1) is 22.7. The van der Waals surface area contributed by atoms with Crippen LogP contribution in [0.1, 0.15) is 60.2 Å². The third kappa shape index (κ3) is 4.12. The van der Waals surface area contributed by atoms with E-state index < -0.39 is 0 Å². The Kier molecular flexibility index (Phi) is 5.50. The SMILES string of the molecule is Cc1n[nH]c(C)c1-c1ccc(NC(=O)C(c2nc(-c3c(C)n[nH]c3C)n[nH]2)C(C2CC2)C2CC2)cc1. The van der Waals surface area contributed by atoms with Crippen LogP contribution in [0.25, 0.3) is 22.5 Å². The number of nitrogens with one attached hydrogen (secondary N) is 4. The molecule has 2 fully saturated rings. The maximum absolute atomic E-state index is 13.8. The van der Waals surface area contributed by atoms with Gasteiger partial charge in [0, 0.05) is 22.6 Å². The lowest BCUT2D eigenvalue weighted by molar-refractivity contribution is -0.119. The van der Waals surface area contributed by atoms with Gasteiger partial charge in [0.05, 0.1) is 17.0 Å². The van der Waals surface area contributed by atoms with Crippen molar-refractivity contribution in [1.82, 2.24) is 35.6 Å².